The highest BCUT2D eigenvalue weighted by Gasteiger charge is 2.19. The van der Waals surface area contributed by atoms with Crippen LogP contribution < -0.4 is 27.6 Å². The van der Waals surface area contributed by atoms with Crippen LogP contribution in [0.4, 0.5) is 11.5 Å². The SMILES string of the molecule is CCCCn1c(N)c(N(CCOC)Cc2cccc(C(N)=O)c2)c(=O)[nH]c1=O. The molecule has 28 heavy (non-hydrogen) atoms. The number of hydrogen-bond donors (Lipinski definition) is 3. The van der Waals surface area contributed by atoms with Crippen LogP contribution >= 0.6 is 0 Å². The Bertz CT molecular complexity index is 935. The summed E-state index contributed by atoms with van der Waals surface area (Å²) in [6.07, 6.45) is 1.64. The number of carbonyl (C=O) groups excluding carboxylic acids is 1. The summed E-state index contributed by atoms with van der Waals surface area (Å²) >= 11 is 0. The fourth-order valence-electron chi connectivity index (χ4n) is 2.94. The Balaban J connectivity index is 2.48. The summed E-state index contributed by atoms with van der Waals surface area (Å²) in [5.41, 5.74) is 11.8. The number of unbranched alkanes of at least 4 members (excludes halogenated alkanes) is 1. The van der Waals surface area contributed by atoms with E-state index in [2.05, 4.69) is 4.98 Å². The molecule has 0 aliphatic rings. The number of anilines is 2. The Kier molecular flexibility index (Phi) is 7.39. The lowest BCUT2D eigenvalue weighted by atomic mass is 10.1. The van der Waals surface area contributed by atoms with Gasteiger partial charge in [-0.3, -0.25) is 19.1 Å². The van der Waals surface area contributed by atoms with Crippen molar-refractivity contribution in [2.24, 2.45) is 5.73 Å². The molecule has 0 saturated carbocycles. The topological polar surface area (TPSA) is 136 Å². The summed E-state index contributed by atoms with van der Waals surface area (Å²) in [7, 11) is 1.56. The summed E-state index contributed by atoms with van der Waals surface area (Å²) in [5.74, 6) is -0.417. The van der Waals surface area contributed by atoms with Crippen LogP contribution in [-0.4, -0.2) is 35.7 Å². The van der Waals surface area contributed by atoms with Crippen LogP contribution in [0.2, 0.25) is 0 Å². The van der Waals surface area contributed by atoms with Gasteiger partial charge in [0.05, 0.1) is 6.61 Å². The number of nitrogens with two attached hydrogens (primary N) is 2. The third kappa shape index (κ3) is 5.01. The van der Waals surface area contributed by atoms with Gasteiger partial charge in [-0.15, -0.1) is 0 Å². The molecule has 0 bridgehead atoms. The molecule has 0 aliphatic heterocycles. The zero-order valence-electron chi connectivity index (χ0n) is 16.2. The van der Waals surface area contributed by atoms with Gasteiger partial charge >= 0.3 is 5.69 Å². The van der Waals surface area contributed by atoms with E-state index in [1.54, 1.807) is 30.2 Å². The highest BCUT2D eigenvalue weighted by molar-refractivity contribution is 5.92. The molecule has 1 heterocycles. The van der Waals surface area contributed by atoms with E-state index in [-0.39, 0.29) is 11.5 Å². The van der Waals surface area contributed by atoms with E-state index in [9.17, 15) is 14.4 Å². The van der Waals surface area contributed by atoms with E-state index in [4.69, 9.17) is 16.2 Å². The standard InChI is InChI=1S/C19H27N5O4/c1-3-4-8-24-16(20)15(18(26)22-19(24)27)23(9-10-28-2)12-13-6-5-7-14(11-13)17(21)25/h5-7,11H,3-4,8-10,12,20H2,1-2H3,(H2,21,25)(H,22,26,27). The number of nitrogens with one attached hydrogen (secondary N) is 1. The molecule has 9 nitrogen and oxygen atoms in total. The monoisotopic (exact) mass is 389 g/mol. The fraction of sp³-hybridized carbons (Fsp3) is 0.421. The third-order valence-electron chi connectivity index (χ3n) is 4.42. The van der Waals surface area contributed by atoms with Gasteiger partial charge < -0.3 is 21.1 Å². The maximum Gasteiger partial charge on any atom is 0.330 e. The first-order valence-corrected chi connectivity index (χ1v) is 9.14. The quantitative estimate of drug-likeness (QED) is 0.546. The van der Waals surface area contributed by atoms with Gasteiger partial charge in [0, 0.05) is 32.3 Å². The zero-order valence-corrected chi connectivity index (χ0v) is 16.2. The average Bonchev–Trinajstić information content (AvgIpc) is 2.65. The smallest absolute Gasteiger partial charge is 0.330 e. The molecule has 9 heteroatoms. The number of hydrogen-bond acceptors (Lipinski definition) is 6. The number of nitrogen functional groups attached to an aromatic ring is 1. The summed E-state index contributed by atoms with van der Waals surface area (Å²) in [6.45, 7) is 3.44. The minimum atomic E-state index is -0.558. The van der Waals surface area contributed by atoms with E-state index in [0.717, 1.165) is 18.4 Å². The molecule has 0 unspecified atom stereocenters. The lowest BCUT2D eigenvalue weighted by molar-refractivity contribution is 0.1000. The van der Waals surface area contributed by atoms with Crippen molar-refractivity contribution in [3.8, 4) is 0 Å². The maximum atomic E-state index is 12.6. The molecule has 1 aromatic carbocycles. The molecule has 0 fully saturated rings. The molecular weight excluding hydrogens is 362 g/mol. The highest BCUT2D eigenvalue weighted by atomic mass is 16.5. The van der Waals surface area contributed by atoms with Gasteiger partial charge in [-0.1, -0.05) is 25.5 Å². The van der Waals surface area contributed by atoms with E-state index >= 15 is 0 Å². The average molecular weight is 389 g/mol. The highest BCUT2D eigenvalue weighted by Crippen LogP contribution is 2.20. The maximum absolute atomic E-state index is 12.6. The second-order valence-corrected chi connectivity index (χ2v) is 6.48. The number of primary amides is 1. The number of rotatable bonds is 10. The fourth-order valence-corrected chi connectivity index (χ4v) is 2.94. The van der Waals surface area contributed by atoms with Crippen molar-refractivity contribution >= 4 is 17.4 Å². The molecule has 0 spiro atoms. The predicted molar refractivity (Wildman–Crippen MR) is 109 cm³/mol. The number of aromatic nitrogens is 2. The molecule has 2 aromatic rings. The first-order chi connectivity index (χ1) is 13.4. The molecule has 0 saturated heterocycles. The van der Waals surface area contributed by atoms with Crippen molar-refractivity contribution in [3.05, 3.63) is 56.2 Å². The van der Waals surface area contributed by atoms with E-state index in [0.29, 0.717) is 31.8 Å². The minimum absolute atomic E-state index is 0.115. The van der Waals surface area contributed by atoms with Gasteiger partial charge in [0.25, 0.3) is 5.56 Å². The number of carbonyl (C=O) groups is 1. The number of nitrogens with zero attached hydrogens (tertiary/aromatic N) is 2. The zero-order chi connectivity index (χ0) is 20.7. The third-order valence-corrected chi connectivity index (χ3v) is 4.42. The molecule has 5 N–H and O–H groups in total. The van der Waals surface area contributed by atoms with E-state index in [1.807, 2.05) is 13.0 Å². The molecule has 152 valence electrons. The number of ether oxygens (including phenoxy) is 1. The largest absolute Gasteiger partial charge is 0.383 e. The summed E-state index contributed by atoms with van der Waals surface area (Å²) in [4.78, 5) is 40.2. The van der Waals surface area contributed by atoms with Crippen molar-refractivity contribution in [3.63, 3.8) is 0 Å². The predicted octanol–water partition coefficient (Wildman–Crippen LogP) is 0.671. The van der Waals surface area contributed by atoms with Gasteiger partial charge in [0.2, 0.25) is 5.91 Å². The lowest BCUT2D eigenvalue weighted by Crippen LogP contribution is -2.39. The van der Waals surface area contributed by atoms with Crippen molar-refractivity contribution in [2.75, 3.05) is 30.9 Å². The lowest BCUT2D eigenvalue weighted by Gasteiger charge is -2.26. The molecule has 0 atom stereocenters. The van der Waals surface area contributed by atoms with Crippen LogP contribution in [0.1, 0.15) is 35.7 Å². The minimum Gasteiger partial charge on any atom is -0.383 e. The molecule has 1 amide bonds. The van der Waals surface area contributed by atoms with Gasteiger partial charge in [0.15, 0.2) is 0 Å². The number of benzene rings is 1. The van der Waals surface area contributed by atoms with Crippen LogP contribution in [0.25, 0.3) is 0 Å². The van der Waals surface area contributed by atoms with Gasteiger partial charge in [-0.05, 0) is 24.1 Å². The Morgan fingerprint density at radius 1 is 1.32 bits per heavy atom. The van der Waals surface area contributed by atoms with E-state index in [1.165, 1.54) is 4.57 Å². The second-order valence-electron chi connectivity index (χ2n) is 6.48. The van der Waals surface area contributed by atoms with Crippen molar-refractivity contribution in [2.45, 2.75) is 32.9 Å². The van der Waals surface area contributed by atoms with Crippen LogP contribution in [0.15, 0.2) is 33.9 Å². The van der Waals surface area contributed by atoms with Gasteiger partial charge in [-0.25, -0.2) is 4.79 Å². The van der Waals surface area contributed by atoms with Crippen LogP contribution in [0, 0.1) is 0 Å². The summed E-state index contributed by atoms with van der Waals surface area (Å²) < 4.78 is 6.53. The second kappa shape index (κ2) is 9.75. The number of methoxy groups -OCH3 is 1. The van der Waals surface area contributed by atoms with Crippen molar-refractivity contribution < 1.29 is 9.53 Å². The van der Waals surface area contributed by atoms with Crippen LogP contribution in [0.5, 0.6) is 0 Å². The van der Waals surface area contributed by atoms with Crippen molar-refractivity contribution in [1.82, 2.24) is 9.55 Å². The van der Waals surface area contributed by atoms with Gasteiger partial charge in [-0.2, -0.15) is 0 Å². The summed E-state index contributed by atoms with van der Waals surface area (Å²) in [6, 6.07) is 6.83. The Hall–Kier alpha value is -3.07. The van der Waals surface area contributed by atoms with Crippen LogP contribution in [0.3, 0.4) is 0 Å². The van der Waals surface area contributed by atoms with Crippen molar-refractivity contribution in [1.29, 1.82) is 0 Å². The number of amides is 1. The first-order valence-electron chi connectivity index (χ1n) is 9.14. The van der Waals surface area contributed by atoms with Crippen LogP contribution in [-0.2, 0) is 17.8 Å². The molecule has 2 rings (SSSR count). The Morgan fingerprint density at radius 2 is 2.07 bits per heavy atom. The Morgan fingerprint density at radius 3 is 2.71 bits per heavy atom. The molecule has 0 aliphatic carbocycles. The number of aromatic amines is 1. The molecule has 1 aromatic heterocycles. The first kappa shape index (κ1) is 21.2. The molecule has 0 radical (unpaired) electrons. The van der Waals surface area contributed by atoms with Gasteiger partial charge in [0.1, 0.15) is 11.5 Å². The normalized spacial score (nSPS) is 10.8. The molecular formula is C19H27N5O4. The Labute approximate surface area is 162 Å². The van der Waals surface area contributed by atoms with E-state index < -0.39 is 17.2 Å². The summed E-state index contributed by atoms with van der Waals surface area (Å²) in [5, 5.41) is 0. The number of H-pyrrole nitrogens is 1.